The number of hydrogen-bond donors (Lipinski definition) is 1. The fourth-order valence-corrected chi connectivity index (χ4v) is 5.81. The first-order chi connectivity index (χ1) is 15.2. The Morgan fingerprint density at radius 3 is 2.31 bits per heavy atom. The van der Waals surface area contributed by atoms with Gasteiger partial charge in [0.1, 0.15) is 0 Å². The molecule has 1 saturated heterocycles. The molecule has 2 heterocycles. The third-order valence-electron chi connectivity index (χ3n) is 5.85. The molecular formula is C23H29N3O5S. The highest BCUT2D eigenvalue weighted by Crippen LogP contribution is 2.32. The lowest BCUT2D eigenvalue weighted by Crippen LogP contribution is -2.50. The van der Waals surface area contributed by atoms with Crippen LogP contribution in [0.25, 0.3) is 0 Å². The van der Waals surface area contributed by atoms with E-state index in [9.17, 15) is 13.2 Å². The summed E-state index contributed by atoms with van der Waals surface area (Å²) in [6.07, 6.45) is 0. The number of carbonyl (C=O) groups excluding carboxylic acids is 1. The Balaban J connectivity index is 1.29. The van der Waals surface area contributed by atoms with Gasteiger partial charge in [0, 0.05) is 32.7 Å². The number of aryl methyl sites for hydroxylation is 3. The van der Waals surface area contributed by atoms with Gasteiger partial charge >= 0.3 is 0 Å². The summed E-state index contributed by atoms with van der Waals surface area (Å²) in [6, 6.07) is 9.60. The number of amides is 1. The van der Waals surface area contributed by atoms with Gasteiger partial charge in [-0.05, 0) is 49.6 Å². The Bertz CT molecular complexity index is 1100. The number of sulfonamides is 1. The summed E-state index contributed by atoms with van der Waals surface area (Å²) < 4.78 is 38.9. The van der Waals surface area contributed by atoms with Crippen molar-refractivity contribution in [3.63, 3.8) is 0 Å². The Labute approximate surface area is 189 Å². The van der Waals surface area contributed by atoms with Gasteiger partial charge in [0.25, 0.3) is 0 Å². The predicted molar refractivity (Wildman–Crippen MR) is 120 cm³/mol. The molecule has 2 aromatic rings. The smallest absolute Gasteiger partial charge is 0.241 e. The van der Waals surface area contributed by atoms with Gasteiger partial charge in [-0.15, -0.1) is 0 Å². The number of piperazine rings is 1. The number of fused-ring (bicyclic) bond motifs is 1. The van der Waals surface area contributed by atoms with Crippen molar-refractivity contribution in [1.29, 1.82) is 0 Å². The second-order valence-corrected chi connectivity index (χ2v) is 10.1. The molecule has 0 radical (unpaired) electrons. The van der Waals surface area contributed by atoms with Crippen LogP contribution in [0.4, 0.5) is 0 Å². The van der Waals surface area contributed by atoms with Crippen LogP contribution in [-0.4, -0.2) is 63.6 Å². The summed E-state index contributed by atoms with van der Waals surface area (Å²) in [5.41, 5.74) is 3.50. The van der Waals surface area contributed by atoms with Crippen LogP contribution in [0, 0.1) is 20.8 Å². The van der Waals surface area contributed by atoms with E-state index in [2.05, 4.69) is 9.62 Å². The first kappa shape index (κ1) is 22.6. The van der Waals surface area contributed by atoms with Crippen molar-refractivity contribution < 1.29 is 22.7 Å². The highest BCUT2D eigenvalue weighted by molar-refractivity contribution is 7.89. The molecule has 0 unspecified atom stereocenters. The number of nitrogens with zero attached hydrogens (tertiary/aromatic N) is 2. The average molecular weight is 460 g/mol. The van der Waals surface area contributed by atoms with E-state index in [-0.39, 0.29) is 24.1 Å². The Morgan fingerprint density at radius 1 is 0.969 bits per heavy atom. The predicted octanol–water partition coefficient (Wildman–Crippen LogP) is 1.96. The van der Waals surface area contributed by atoms with Crippen LogP contribution >= 0.6 is 0 Å². The van der Waals surface area contributed by atoms with Crippen molar-refractivity contribution in [3.05, 3.63) is 52.6 Å². The van der Waals surface area contributed by atoms with Crippen molar-refractivity contribution >= 4 is 15.9 Å². The van der Waals surface area contributed by atoms with Crippen molar-refractivity contribution in [2.45, 2.75) is 32.2 Å². The number of benzene rings is 2. The second kappa shape index (κ2) is 9.09. The third kappa shape index (κ3) is 4.90. The monoisotopic (exact) mass is 459 g/mol. The minimum atomic E-state index is -3.76. The van der Waals surface area contributed by atoms with E-state index < -0.39 is 10.0 Å². The van der Waals surface area contributed by atoms with Gasteiger partial charge in [-0.3, -0.25) is 9.69 Å². The zero-order valence-electron chi connectivity index (χ0n) is 18.7. The highest BCUT2D eigenvalue weighted by Gasteiger charge is 2.25. The lowest BCUT2D eigenvalue weighted by molar-refractivity contribution is -0.131. The molecule has 0 aromatic heterocycles. The van der Waals surface area contributed by atoms with Gasteiger partial charge in [0.05, 0.1) is 11.4 Å². The van der Waals surface area contributed by atoms with Crippen molar-refractivity contribution in [3.8, 4) is 11.5 Å². The molecule has 8 nitrogen and oxygen atoms in total. The van der Waals surface area contributed by atoms with Gasteiger partial charge in [0.15, 0.2) is 11.5 Å². The van der Waals surface area contributed by atoms with E-state index in [0.717, 1.165) is 42.3 Å². The van der Waals surface area contributed by atoms with Crippen LogP contribution in [-0.2, 0) is 21.4 Å². The van der Waals surface area contributed by atoms with E-state index in [1.54, 1.807) is 18.7 Å². The minimum Gasteiger partial charge on any atom is -0.454 e. The molecule has 9 heteroatoms. The summed E-state index contributed by atoms with van der Waals surface area (Å²) >= 11 is 0. The van der Waals surface area contributed by atoms with Gasteiger partial charge in [-0.1, -0.05) is 23.8 Å². The number of hydrogen-bond acceptors (Lipinski definition) is 6. The standard InChI is InChI=1S/C23H29N3O5S/c1-16-10-17(2)23(18(3)11-16)32(28,29)24-13-22(27)26-8-6-25(7-9-26)14-19-4-5-20-21(12-19)31-15-30-20/h4-5,10-12,24H,6-9,13-15H2,1-3H3. The molecule has 172 valence electrons. The number of nitrogens with one attached hydrogen (secondary N) is 1. The molecule has 0 atom stereocenters. The van der Waals surface area contributed by atoms with Crippen molar-refractivity contribution in [2.75, 3.05) is 39.5 Å². The maximum atomic E-state index is 12.8. The van der Waals surface area contributed by atoms with E-state index in [4.69, 9.17) is 9.47 Å². The first-order valence-corrected chi connectivity index (χ1v) is 12.2. The maximum Gasteiger partial charge on any atom is 0.241 e. The van der Waals surface area contributed by atoms with Gasteiger partial charge in [0.2, 0.25) is 22.7 Å². The molecule has 32 heavy (non-hydrogen) atoms. The molecule has 0 bridgehead atoms. The van der Waals surface area contributed by atoms with E-state index in [1.807, 2.05) is 37.3 Å². The average Bonchev–Trinajstić information content (AvgIpc) is 3.19. The Morgan fingerprint density at radius 2 is 1.62 bits per heavy atom. The van der Waals surface area contributed by atoms with Crippen LogP contribution in [0.15, 0.2) is 35.2 Å². The molecule has 0 aliphatic carbocycles. The summed E-state index contributed by atoms with van der Waals surface area (Å²) in [5.74, 6) is 1.32. The molecule has 2 aliphatic rings. The molecule has 0 saturated carbocycles. The minimum absolute atomic E-state index is 0.210. The lowest BCUT2D eigenvalue weighted by Gasteiger charge is -2.34. The Hall–Kier alpha value is -2.62. The molecule has 1 amide bonds. The molecule has 2 aliphatic heterocycles. The molecule has 2 aromatic carbocycles. The topological polar surface area (TPSA) is 88.2 Å². The van der Waals surface area contributed by atoms with Crippen LogP contribution < -0.4 is 14.2 Å². The van der Waals surface area contributed by atoms with Crippen LogP contribution in [0.3, 0.4) is 0 Å². The summed E-state index contributed by atoms with van der Waals surface area (Å²) in [6.45, 7) is 8.83. The Kier molecular flexibility index (Phi) is 6.41. The summed E-state index contributed by atoms with van der Waals surface area (Å²) in [7, 11) is -3.76. The normalized spacial score (nSPS) is 16.4. The molecule has 0 spiro atoms. The van der Waals surface area contributed by atoms with Crippen molar-refractivity contribution in [1.82, 2.24) is 14.5 Å². The highest BCUT2D eigenvalue weighted by atomic mass is 32.2. The van der Waals surface area contributed by atoms with E-state index in [0.29, 0.717) is 24.2 Å². The third-order valence-corrected chi connectivity index (χ3v) is 7.56. The van der Waals surface area contributed by atoms with Crippen LogP contribution in [0.1, 0.15) is 22.3 Å². The fraction of sp³-hybridized carbons (Fsp3) is 0.435. The summed E-state index contributed by atoms with van der Waals surface area (Å²) in [4.78, 5) is 16.9. The SMILES string of the molecule is Cc1cc(C)c(S(=O)(=O)NCC(=O)N2CCN(Cc3ccc4c(c3)OCO4)CC2)c(C)c1. The largest absolute Gasteiger partial charge is 0.454 e. The van der Waals surface area contributed by atoms with E-state index in [1.165, 1.54) is 0 Å². The summed E-state index contributed by atoms with van der Waals surface area (Å²) in [5, 5.41) is 0. The van der Waals surface area contributed by atoms with Crippen LogP contribution in [0.2, 0.25) is 0 Å². The number of ether oxygens (including phenoxy) is 2. The van der Waals surface area contributed by atoms with Gasteiger partial charge < -0.3 is 14.4 Å². The zero-order chi connectivity index (χ0) is 22.9. The van der Waals surface area contributed by atoms with Gasteiger partial charge in [-0.2, -0.15) is 0 Å². The first-order valence-electron chi connectivity index (χ1n) is 10.7. The number of rotatable bonds is 6. The molecule has 4 rings (SSSR count). The quantitative estimate of drug-likeness (QED) is 0.711. The fourth-order valence-electron chi connectivity index (χ4n) is 4.38. The van der Waals surface area contributed by atoms with E-state index >= 15 is 0 Å². The lowest BCUT2D eigenvalue weighted by atomic mass is 10.1. The molecule has 1 fully saturated rings. The zero-order valence-corrected chi connectivity index (χ0v) is 19.5. The van der Waals surface area contributed by atoms with Crippen molar-refractivity contribution in [2.24, 2.45) is 0 Å². The maximum absolute atomic E-state index is 12.8. The molecular weight excluding hydrogens is 430 g/mol. The van der Waals surface area contributed by atoms with Gasteiger partial charge in [-0.25, -0.2) is 13.1 Å². The molecule has 1 N–H and O–H groups in total. The number of carbonyl (C=O) groups is 1. The second-order valence-electron chi connectivity index (χ2n) is 8.40. The van der Waals surface area contributed by atoms with Crippen LogP contribution in [0.5, 0.6) is 11.5 Å².